The Labute approximate surface area is 172 Å². The standard InChI is InChI=1S/C23H17ClN2O3/c1-28-19-7-4-6-18(14-19)26-23-20(13-15-5-2-3-8-21(15)29-23)22(27)25-17-11-9-16(24)10-12-17/h2-14H,1H3,(H,25,27). The van der Waals surface area contributed by atoms with Gasteiger partial charge in [-0.2, -0.15) is 0 Å². The maximum absolute atomic E-state index is 13.0. The number of anilines is 1. The quantitative estimate of drug-likeness (QED) is 0.483. The molecular weight excluding hydrogens is 388 g/mol. The molecule has 6 heteroatoms. The molecule has 0 aliphatic rings. The van der Waals surface area contributed by atoms with Crippen LogP contribution >= 0.6 is 11.6 Å². The SMILES string of the molecule is COc1cccc(N=c2oc3ccccc3cc2C(=O)Nc2ccc(Cl)cc2)c1. The second-order valence-corrected chi connectivity index (χ2v) is 6.71. The van der Waals surface area contributed by atoms with Crippen LogP contribution < -0.4 is 15.6 Å². The van der Waals surface area contributed by atoms with Crippen molar-refractivity contribution in [1.29, 1.82) is 0 Å². The molecule has 0 bridgehead atoms. The first-order valence-electron chi connectivity index (χ1n) is 8.91. The van der Waals surface area contributed by atoms with E-state index < -0.39 is 0 Å². The summed E-state index contributed by atoms with van der Waals surface area (Å²) in [6, 6.07) is 23.4. The van der Waals surface area contributed by atoms with Gasteiger partial charge in [-0.1, -0.05) is 35.9 Å². The summed E-state index contributed by atoms with van der Waals surface area (Å²) in [5, 5.41) is 4.26. The van der Waals surface area contributed by atoms with Crippen LogP contribution in [0.2, 0.25) is 5.02 Å². The predicted molar refractivity (Wildman–Crippen MR) is 114 cm³/mol. The first-order chi connectivity index (χ1) is 14.1. The van der Waals surface area contributed by atoms with Gasteiger partial charge in [0.2, 0.25) is 5.55 Å². The van der Waals surface area contributed by atoms with E-state index in [0.717, 1.165) is 5.39 Å². The van der Waals surface area contributed by atoms with E-state index in [2.05, 4.69) is 10.3 Å². The molecule has 0 aliphatic carbocycles. The molecule has 0 atom stereocenters. The van der Waals surface area contributed by atoms with Crippen LogP contribution in [0.4, 0.5) is 11.4 Å². The minimum Gasteiger partial charge on any atom is -0.497 e. The number of halogens is 1. The van der Waals surface area contributed by atoms with E-state index in [4.69, 9.17) is 20.8 Å². The van der Waals surface area contributed by atoms with Gasteiger partial charge in [0.1, 0.15) is 16.9 Å². The van der Waals surface area contributed by atoms with Crippen LogP contribution in [0.3, 0.4) is 0 Å². The third-order valence-corrected chi connectivity index (χ3v) is 4.54. The lowest BCUT2D eigenvalue weighted by molar-refractivity contribution is 0.102. The van der Waals surface area contributed by atoms with Crippen LogP contribution in [0.1, 0.15) is 10.4 Å². The van der Waals surface area contributed by atoms with Gasteiger partial charge >= 0.3 is 0 Å². The first-order valence-corrected chi connectivity index (χ1v) is 9.29. The molecule has 1 aromatic heterocycles. The molecule has 1 heterocycles. The van der Waals surface area contributed by atoms with E-state index in [-0.39, 0.29) is 11.5 Å². The van der Waals surface area contributed by atoms with Gasteiger partial charge in [-0.15, -0.1) is 0 Å². The van der Waals surface area contributed by atoms with Crippen molar-refractivity contribution in [3.8, 4) is 5.75 Å². The second kappa shape index (κ2) is 8.20. The zero-order valence-electron chi connectivity index (χ0n) is 15.6. The minimum atomic E-state index is -0.330. The molecule has 1 amide bonds. The van der Waals surface area contributed by atoms with Crippen LogP contribution in [-0.4, -0.2) is 13.0 Å². The molecule has 0 aliphatic heterocycles. The van der Waals surface area contributed by atoms with E-state index in [1.54, 1.807) is 43.5 Å². The molecule has 4 rings (SSSR count). The number of fused-ring (bicyclic) bond motifs is 1. The van der Waals surface area contributed by atoms with E-state index >= 15 is 0 Å². The smallest absolute Gasteiger partial charge is 0.261 e. The number of carbonyl (C=O) groups is 1. The van der Waals surface area contributed by atoms with E-state index in [0.29, 0.717) is 33.3 Å². The molecule has 144 valence electrons. The van der Waals surface area contributed by atoms with Crippen molar-refractivity contribution in [2.24, 2.45) is 4.99 Å². The topological polar surface area (TPSA) is 63.8 Å². The summed E-state index contributed by atoms with van der Waals surface area (Å²) in [6.07, 6.45) is 0. The van der Waals surface area contributed by atoms with Crippen molar-refractivity contribution >= 4 is 39.9 Å². The average molecular weight is 405 g/mol. The third kappa shape index (κ3) is 4.31. The molecule has 1 N–H and O–H groups in total. The molecule has 5 nitrogen and oxygen atoms in total. The van der Waals surface area contributed by atoms with Crippen LogP contribution in [0.25, 0.3) is 11.0 Å². The first kappa shape index (κ1) is 18.8. The molecule has 0 saturated carbocycles. The van der Waals surface area contributed by atoms with Crippen LogP contribution in [0.5, 0.6) is 5.75 Å². The Kier molecular flexibility index (Phi) is 5.31. The van der Waals surface area contributed by atoms with Crippen molar-refractivity contribution in [3.05, 3.63) is 95.0 Å². The highest BCUT2D eigenvalue weighted by molar-refractivity contribution is 6.30. The van der Waals surface area contributed by atoms with E-state index in [1.165, 1.54) is 0 Å². The van der Waals surface area contributed by atoms with Crippen molar-refractivity contribution in [2.75, 3.05) is 12.4 Å². The minimum absolute atomic E-state index is 0.211. The zero-order valence-corrected chi connectivity index (χ0v) is 16.3. The number of para-hydroxylation sites is 1. The van der Waals surface area contributed by atoms with Gasteiger partial charge in [0.15, 0.2) is 0 Å². The molecule has 29 heavy (non-hydrogen) atoms. The lowest BCUT2D eigenvalue weighted by Crippen LogP contribution is -2.21. The van der Waals surface area contributed by atoms with Gasteiger partial charge in [0, 0.05) is 22.2 Å². The Morgan fingerprint density at radius 2 is 1.79 bits per heavy atom. The molecule has 0 fully saturated rings. The fraction of sp³-hybridized carbons (Fsp3) is 0.0435. The van der Waals surface area contributed by atoms with Crippen molar-refractivity contribution in [2.45, 2.75) is 0 Å². The van der Waals surface area contributed by atoms with Crippen LogP contribution in [-0.2, 0) is 0 Å². The van der Waals surface area contributed by atoms with Crippen molar-refractivity contribution < 1.29 is 13.9 Å². The molecule has 3 aromatic carbocycles. The highest BCUT2D eigenvalue weighted by atomic mass is 35.5. The average Bonchev–Trinajstić information content (AvgIpc) is 2.75. The number of hydrogen-bond donors (Lipinski definition) is 1. The summed E-state index contributed by atoms with van der Waals surface area (Å²) in [4.78, 5) is 17.5. The second-order valence-electron chi connectivity index (χ2n) is 6.28. The van der Waals surface area contributed by atoms with Crippen LogP contribution in [0.15, 0.2) is 88.3 Å². The Morgan fingerprint density at radius 3 is 2.59 bits per heavy atom. The Balaban J connectivity index is 1.82. The molecule has 0 spiro atoms. The summed E-state index contributed by atoms with van der Waals surface area (Å²) >= 11 is 5.92. The maximum Gasteiger partial charge on any atom is 0.261 e. The van der Waals surface area contributed by atoms with Crippen molar-refractivity contribution in [1.82, 2.24) is 0 Å². The van der Waals surface area contributed by atoms with Gasteiger partial charge in [0.25, 0.3) is 5.91 Å². The number of benzene rings is 3. The number of nitrogens with zero attached hydrogens (tertiary/aromatic N) is 1. The molecule has 0 radical (unpaired) electrons. The summed E-state index contributed by atoms with van der Waals surface area (Å²) in [5.41, 5.74) is 2.41. The number of amides is 1. The Hall–Kier alpha value is -3.57. The van der Waals surface area contributed by atoms with Gasteiger partial charge in [0.05, 0.1) is 12.8 Å². The number of methoxy groups -OCH3 is 1. The van der Waals surface area contributed by atoms with Crippen LogP contribution in [0, 0.1) is 0 Å². The van der Waals surface area contributed by atoms with Crippen molar-refractivity contribution in [3.63, 3.8) is 0 Å². The summed E-state index contributed by atoms with van der Waals surface area (Å²) in [5.74, 6) is 0.336. The molecule has 4 aromatic rings. The van der Waals surface area contributed by atoms with Gasteiger partial charge < -0.3 is 14.5 Å². The highest BCUT2D eigenvalue weighted by Gasteiger charge is 2.13. The third-order valence-electron chi connectivity index (χ3n) is 4.29. The monoisotopic (exact) mass is 404 g/mol. The molecule has 0 unspecified atom stereocenters. The number of nitrogens with one attached hydrogen (secondary N) is 1. The number of hydrogen-bond acceptors (Lipinski definition) is 4. The summed E-state index contributed by atoms with van der Waals surface area (Å²) in [6.45, 7) is 0. The van der Waals surface area contributed by atoms with Gasteiger partial charge in [-0.05, 0) is 48.5 Å². The summed E-state index contributed by atoms with van der Waals surface area (Å²) < 4.78 is 11.2. The Bertz CT molecular complexity index is 1250. The lowest BCUT2D eigenvalue weighted by Gasteiger charge is -2.07. The Morgan fingerprint density at radius 1 is 1.00 bits per heavy atom. The van der Waals surface area contributed by atoms with Gasteiger partial charge in [-0.25, -0.2) is 4.99 Å². The fourth-order valence-electron chi connectivity index (χ4n) is 2.84. The highest BCUT2D eigenvalue weighted by Crippen LogP contribution is 2.20. The molecular formula is C23H17ClN2O3. The number of ether oxygens (including phenoxy) is 1. The lowest BCUT2D eigenvalue weighted by atomic mass is 10.1. The zero-order chi connectivity index (χ0) is 20.2. The largest absolute Gasteiger partial charge is 0.497 e. The maximum atomic E-state index is 13.0. The van der Waals surface area contributed by atoms with E-state index in [9.17, 15) is 4.79 Å². The molecule has 0 saturated heterocycles. The number of carbonyl (C=O) groups excluding carboxylic acids is 1. The van der Waals surface area contributed by atoms with E-state index in [1.807, 2.05) is 42.5 Å². The predicted octanol–water partition coefficient (Wildman–Crippen LogP) is 5.58. The summed E-state index contributed by atoms with van der Waals surface area (Å²) in [7, 11) is 1.59. The number of rotatable bonds is 4. The fourth-order valence-corrected chi connectivity index (χ4v) is 2.97. The normalized spacial score (nSPS) is 11.4. The van der Waals surface area contributed by atoms with Gasteiger partial charge in [-0.3, -0.25) is 4.79 Å².